The van der Waals surface area contributed by atoms with Crippen LogP contribution in [-0.2, 0) is 6.54 Å². The van der Waals surface area contributed by atoms with Gasteiger partial charge < -0.3 is 10.6 Å². The summed E-state index contributed by atoms with van der Waals surface area (Å²) >= 11 is 0. The molecule has 1 aliphatic rings. The Hall–Kier alpha value is -0.780. The normalized spacial score (nSPS) is 15.0. The molecule has 94 valence electrons. The van der Waals surface area contributed by atoms with Crippen LogP contribution in [0, 0.1) is 0 Å². The van der Waals surface area contributed by atoms with Gasteiger partial charge in [0.25, 0.3) is 0 Å². The number of hydrogen-bond donors (Lipinski definition) is 2. The van der Waals surface area contributed by atoms with Crippen molar-refractivity contribution in [1.29, 1.82) is 0 Å². The third-order valence-corrected chi connectivity index (χ3v) is 2.52. The molecule has 0 saturated heterocycles. The minimum atomic E-state index is 0. The summed E-state index contributed by atoms with van der Waals surface area (Å²) < 4.78 is 0. The number of guanidine groups is 1. The Kier molecular flexibility index (Phi) is 6.32. The molecule has 4 heteroatoms. The summed E-state index contributed by atoms with van der Waals surface area (Å²) in [5.41, 5.74) is 1.25. The Balaban J connectivity index is 0.00000144. The van der Waals surface area contributed by atoms with Gasteiger partial charge >= 0.3 is 0 Å². The van der Waals surface area contributed by atoms with Crippen LogP contribution in [-0.4, -0.2) is 18.5 Å². The average molecular weight is 345 g/mol. The highest BCUT2D eigenvalue weighted by Crippen LogP contribution is 2.18. The van der Waals surface area contributed by atoms with E-state index >= 15 is 0 Å². The first kappa shape index (κ1) is 14.3. The van der Waals surface area contributed by atoms with E-state index in [1.807, 2.05) is 18.2 Å². The molecule has 0 heterocycles. The zero-order valence-corrected chi connectivity index (χ0v) is 12.5. The predicted molar refractivity (Wildman–Crippen MR) is 82.8 cm³/mol. The zero-order chi connectivity index (χ0) is 11.2. The van der Waals surface area contributed by atoms with Crippen LogP contribution in [0.25, 0.3) is 0 Å². The van der Waals surface area contributed by atoms with Gasteiger partial charge in [0.1, 0.15) is 0 Å². The lowest BCUT2D eigenvalue weighted by molar-refractivity contribution is 0.812. The highest BCUT2D eigenvalue weighted by atomic mass is 127. The molecule has 0 spiro atoms. The van der Waals surface area contributed by atoms with Crippen LogP contribution < -0.4 is 10.6 Å². The highest BCUT2D eigenvalue weighted by Gasteiger charge is 2.21. The molecular weight excluding hydrogens is 325 g/mol. The zero-order valence-electron chi connectivity index (χ0n) is 10.1. The molecule has 0 radical (unpaired) electrons. The third kappa shape index (κ3) is 5.39. The third-order valence-electron chi connectivity index (χ3n) is 2.52. The molecule has 1 aromatic carbocycles. The van der Waals surface area contributed by atoms with E-state index in [-0.39, 0.29) is 24.0 Å². The first-order valence-corrected chi connectivity index (χ1v) is 5.97. The van der Waals surface area contributed by atoms with Gasteiger partial charge in [-0.3, -0.25) is 0 Å². The van der Waals surface area contributed by atoms with E-state index in [0.29, 0.717) is 6.04 Å². The van der Waals surface area contributed by atoms with E-state index in [2.05, 4.69) is 34.7 Å². The summed E-state index contributed by atoms with van der Waals surface area (Å²) in [7, 11) is 0. The number of rotatable bonds is 4. The van der Waals surface area contributed by atoms with Crippen molar-refractivity contribution in [2.24, 2.45) is 4.99 Å². The maximum absolute atomic E-state index is 4.56. The van der Waals surface area contributed by atoms with Gasteiger partial charge in [-0.2, -0.15) is 0 Å². The van der Waals surface area contributed by atoms with Crippen LogP contribution in [0.1, 0.15) is 25.3 Å². The maximum Gasteiger partial charge on any atom is 0.191 e. The van der Waals surface area contributed by atoms with Crippen molar-refractivity contribution in [2.45, 2.75) is 32.4 Å². The Morgan fingerprint density at radius 2 is 2.00 bits per heavy atom. The number of nitrogens with zero attached hydrogens (tertiary/aromatic N) is 1. The second kappa shape index (κ2) is 7.53. The van der Waals surface area contributed by atoms with E-state index in [0.717, 1.165) is 19.0 Å². The molecule has 1 saturated carbocycles. The number of benzene rings is 1. The summed E-state index contributed by atoms with van der Waals surface area (Å²) in [6.45, 7) is 3.74. The van der Waals surface area contributed by atoms with Gasteiger partial charge in [-0.1, -0.05) is 30.3 Å². The highest BCUT2D eigenvalue weighted by molar-refractivity contribution is 14.0. The molecule has 1 aliphatic carbocycles. The minimum Gasteiger partial charge on any atom is -0.357 e. The van der Waals surface area contributed by atoms with E-state index in [9.17, 15) is 0 Å². The molecular formula is C13H20IN3. The van der Waals surface area contributed by atoms with Gasteiger partial charge in [0.05, 0.1) is 6.54 Å². The fourth-order valence-electron chi connectivity index (χ4n) is 1.49. The van der Waals surface area contributed by atoms with Gasteiger partial charge in [0, 0.05) is 12.6 Å². The molecule has 1 aromatic rings. The summed E-state index contributed by atoms with van der Waals surface area (Å²) in [6.07, 6.45) is 2.55. The summed E-state index contributed by atoms with van der Waals surface area (Å²) in [6, 6.07) is 11.0. The number of halogens is 1. The Morgan fingerprint density at radius 3 is 2.59 bits per heavy atom. The van der Waals surface area contributed by atoms with Gasteiger partial charge in [0.2, 0.25) is 0 Å². The molecule has 3 nitrogen and oxygen atoms in total. The van der Waals surface area contributed by atoms with Gasteiger partial charge in [-0.05, 0) is 25.3 Å². The van der Waals surface area contributed by atoms with Crippen molar-refractivity contribution < 1.29 is 0 Å². The summed E-state index contributed by atoms with van der Waals surface area (Å²) in [5.74, 6) is 0.939. The van der Waals surface area contributed by atoms with Gasteiger partial charge in [-0.25, -0.2) is 4.99 Å². The van der Waals surface area contributed by atoms with Crippen LogP contribution >= 0.6 is 24.0 Å². The molecule has 1 fully saturated rings. The molecule has 0 atom stereocenters. The van der Waals surface area contributed by atoms with Crippen LogP contribution in [0.3, 0.4) is 0 Å². The lowest BCUT2D eigenvalue weighted by Crippen LogP contribution is -2.38. The lowest BCUT2D eigenvalue weighted by Gasteiger charge is -2.09. The first-order chi connectivity index (χ1) is 7.88. The molecule has 2 N–H and O–H groups in total. The molecule has 0 aliphatic heterocycles. The Bertz CT molecular complexity index is 347. The quantitative estimate of drug-likeness (QED) is 0.500. The largest absolute Gasteiger partial charge is 0.357 e. The Labute approximate surface area is 120 Å². The number of nitrogens with one attached hydrogen (secondary N) is 2. The van der Waals surface area contributed by atoms with Crippen LogP contribution in [0.4, 0.5) is 0 Å². The lowest BCUT2D eigenvalue weighted by atomic mass is 10.2. The maximum atomic E-state index is 4.56. The monoisotopic (exact) mass is 345 g/mol. The van der Waals surface area contributed by atoms with E-state index in [1.54, 1.807) is 0 Å². The molecule has 0 bridgehead atoms. The molecule has 0 aromatic heterocycles. The van der Waals surface area contributed by atoms with Crippen molar-refractivity contribution in [3.63, 3.8) is 0 Å². The van der Waals surface area contributed by atoms with E-state index < -0.39 is 0 Å². The SMILES string of the molecule is CCNC(=NCc1ccccc1)NC1CC1.I. The van der Waals surface area contributed by atoms with Crippen molar-refractivity contribution in [2.75, 3.05) is 6.54 Å². The molecule has 0 amide bonds. The fourth-order valence-corrected chi connectivity index (χ4v) is 1.49. The summed E-state index contributed by atoms with van der Waals surface area (Å²) in [5, 5.41) is 6.66. The smallest absolute Gasteiger partial charge is 0.191 e. The summed E-state index contributed by atoms with van der Waals surface area (Å²) in [4.78, 5) is 4.56. The van der Waals surface area contributed by atoms with Gasteiger partial charge in [0.15, 0.2) is 5.96 Å². The second-order valence-electron chi connectivity index (χ2n) is 4.10. The van der Waals surface area contributed by atoms with Crippen LogP contribution in [0.5, 0.6) is 0 Å². The van der Waals surface area contributed by atoms with Crippen molar-refractivity contribution in [3.8, 4) is 0 Å². The van der Waals surface area contributed by atoms with Crippen molar-refractivity contribution in [3.05, 3.63) is 35.9 Å². The number of hydrogen-bond acceptors (Lipinski definition) is 1. The van der Waals surface area contributed by atoms with E-state index in [4.69, 9.17) is 0 Å². The fraction of sp³-hybridized carbons (Fsp3) is 0.462. The number of aliphatic imine (C=N–C) groups is 1. The predicted octanol–water partition coefficient (Wildman–Crippen LogP) is 2.52. The molecule has 2 rings (SSSR count). The van der Waals surface area contributed by atoms with Gasteiger partial charge in [-0.15, -0.1) is 24.0 Å². The standard InChI is InChI=1S/C13H19N3.HI/c1-2-14-13(16-12-8-9-12)15-10-11-6-4-3-5-7-11;/h3-7,12H,2,8-10H2,1H3,(H2,14,15,16);1H. The second-order valence-corrected chi connectivity index (χ2v) is 4.10. The minimum absolute atomic E-state index is 0. The van der Waals surface area contributed by atoms with Crippen LogP contribution in [0.15, 0.2) is 35.3 Å². The van der Waals surface area contributed by atoms with Crippen LogP contribution in [0.2, 0.25) is 0 Å². The van der Waals surface area contributed by atoms with E-state index in [1.165, 1.54) is 18.4 Å². The van der Waals surface area contributed by atoms with Crippen molar-refractivity contribution >= 4 is 29.9 Å². The molecule has 17 heavy (non-hydrogen) atoms. The average Bonchev–Trinajstić information content (AvgIpc) is 3.12. The van der Waals surface area contributed by atoms with Crippen molar-refractivity contribution in [1.82, 2.24) is 10.6 Å². The Morgan fingerprint density at radius 1 is 1.29 bits per heavy atom. The first-order valence-electron chi connectivity index (χ1n) is 5.97. The topological polar surface area (TPSA) is 36.4 Å². The molecule has 0 unspecified atom stereocenters.